The maximum Gasteiger partial charge on any atom is 2.00 e. The third-order valence-electron chi connectivity index (χ3n) is 3.57. The fourth-order valence-corrected chi connectivity index (χ4v) is 2.00. The molecule has 0 bridgehead atoms. The summed E-state index contributed by atoms with van der Waals surface area (Å²) in [6, 6.07) is 7.86. The van der Waals surface area contributed by atoms with E-state index in [2.05, 4.69) is 33.8 Å². The maximum atomic E-state index is 4.41. The Morgan fingerprint density at radius 3 is 1.48 bits per heavy atom. The summed E-state index contributed by atoms with van der Waals surface area (Å²) in [5.74, 6) is 0. The zero-order chi connectivity index (χ0) is 17.6. The van der Waals surface area contributed by atoms with Gasteiger partial charge >= 0.3 is 17.1 Å². The van der Waals surface area contributed by atoms with Crippen LogP contribution < -0.4 is 9.97 Å². The van der Waals surface area contributed by atoms with Crippen LogP contribution in [0.2, 0.25) is 0 Å². The Kier molecular flexibility index (Phi) is 13.8. The van der Waals surface area contributed by atoms with Gasteiger partial charge in [-0.2, -0.15) is 12.4 Å². The summed E-state index contributed by atoms with van der Waals surface area (Å²) in [6.45, 7) is 10.2. The molecule has 0 saturated heterocycles. The molecule has 4 nitrogen and oxygen atoms in total. The molecule has 5 heteroatoms. The summed E-state index contributed by atoms with van der Waals surface area (Å²) in [7, 11) is 0. The second-order valence-corrected chi connectivity index (χ2v) is 5.69. The zero-order valence-corrected chi connectivity index (χ0v) is 17.1. The monoisotopic (exact) mass is 381 g/mol. The Morgan fingerprint density at radius 1 is 0.800 bits per heavy atom. The van der Waals surface area contributed by atoms with E-state index in [4.69, 9.17) is 0 Å². The molecule has 0 N–H and O–H groups in total. The van der Waals surface area contributed by atoms with Gasteiger partial charge in [-0.05, 0) is 26.7 Å². The van der Waals surface area contributed by atoms with Crippen molar-refractivity contribution in [1.29, 1.82) is 0 Å². The van der Waals surface area contributed by atoms with Gasteiger partial charge in [0.25, 0.3) is 0 Å². The van der Waals surface area contributed by atoms with E-state index in [0.717, 1.165) is 48.7 Å². The van der Waals surface area contributed by atoms with Crippen molar-refractivity contribution in [1.82, 2.24) is 9.97 Å². The minimum atomic E-state index is 0. The van der Waals surface area contributed by atoms with Gasteiger partial charge in [0.05, 0.1) is 0 Å². The Morgan fingerprint density at radius 2 is 1.20 bits per heavy atom. The van der Waals surface area contributed by atoms with E-state index in [9.17, 15) is 0 Å². The summed E-state index contributed by atoms with van der Waals surface area (Å²) in [6.07, 6.45) is 8.33. The summed E-state index contributed by atoms with van der Waals surface area (Å²) < 4.78 is 0. The molecule has 0 aliphatic carbocycles. The topological polar surface area (TPSA) is 52.9 Å². The molecule has 0 amide bonds. The van der Waals surface area contributed by atoms with Crippen LogP contribution in [0.4, 0.5) is 0 Å². The van der Waals surface area contributed by atoms with Crippen LogP contribution in [0.5, 0.6) is 0 Å². The zero-order valence-electron chi connectivity index (χ0n) is 15.9. The van der Waals surface area contributed by atoms with Crippen LogP contribution in [0.3, 0.4) is 0 Å². The van der Waals surface area contributed by atoms with Gasteiger partial charge in [0.2, 0.25) is 0 Å². The second-order valence-electron chi connectivity index (χ2n) is 5.69. The van der Waals surface area contributed by atoms with Crippen molar-refractivity contribution < 1.29 is 17.1 Å². The Balaban J connectivity index is 0.000000443. The number of aromatic nitrogens is 2. The van der Waals surface area contributed by atoms with Gasteiger partial charge in [-0.3, -0.25) is 9.98 Å². The molecule has 0 fully saturated rings. The summed E-state index contributed by atoms with van der Waals surface area (Å²) in [4.78, 5) is 17.1. The van der Waals surface area contributed by atoms with Crippen molar-refractivity contribution in [2.45, 2.75) is 53.4 Å². The Bertz CT molecular complexity index is 529. The van der Waals surface area contributed by atoms with E-state index in [1.807, 2.05) is 38.1 Å². The minimum Gasteiger partial charge on any atom is -0.663 e. The number of unbranched alkanes of at least 4 members (excludes halogenated alkanes) is 2. The number of hydrogen-bond acceptors (Lipinski definition) is 2. The molecule has 0 atom stereocenters. The van der Waals surface area contributed by atoms with Crippen LogP contribution in [0.1, 0.15) is 64.8 Å². The number of nitrogens with zero attached hydrogens (tertiary/aromatic N) is 4. The standard InChI is InChI=1S/2C10H15N2.Mn/c2*1-3-4-7-11-9(2)10-6-5-8-12-10;/h2*5-6,8H,3-4,7H2,1-2H3;/q2*-1;+2. The SMILES string of the molecule is CCCCN=C(C)c1ccc[n-]1.CCCCN=C(C)c1ccc[n-]1.[Mn+2]. The molecule has 0 spiro atoms. The fourth-order valence-electron chi connectivity index (χ4n) is 2.00. The first-order valence-electron chi connectivity index (χ1n) is 8.87. The normalized spacial score (nSPS) is 11.5. The first-order chi connectivity index (χ1) is 11.7. The molecule has 0 saturated carbocycles. The molecule has 2 heterocycles. The average Bonchev–Trinajstić information content (AvgIpc) is 3.29. The quantitative estimate of drug-likeness (QED) is 0.384. The molecule has 0 aromatic carbocycles. The van der Waals surface area contributed by atoms with Crippen LogP contribution >= 0.6 is 0 Å². The van der Waals surface area contributed by atoms with Crippen molar-refractivity contribution >= 4 is 11.4 Å². The third kappa shape index (κ3) is 10.1. The summed E-state index contributed by atoms with van der Waals surface area (Å²) in [5.41, 5.74) is 4.11. The van der Waals surface area contributed by atoms with Gasteiger partial charge < -0.3 is 9.97 Å². The van der Waals surface area contributed by atoms with Crippen LogP contribution in [0.15, 0.2) is 46.6 Å². The van der Waals surface area contributed by atoms with Gasteiger partial charge in [-0.25, -0.2) is 0 Å². The minimum absolute atomic E-state index is 0. The smallest absolute Gasteiger partial charge is 0.663 e. The van der Waals surface area contributed by atoms with Crippen molar-refractivity contribution in [3.63, 3.8) is 0 Å². The largest absolute Gasteiger partial charge is 2.00 e. The Labute approximate surface area is 163 Å². The molecule has 0 unspecified atom stereocenters. The molecular weight excluding hydrogens is 351 g/mol. The van der Waals surface area contributed by atoms with E-state index >= 15 is 0 Å². The predicted octanol–water partition coefficient (Wildman–Crippen LogP) is 4.50. The first-order valence-corrected chi connectivity index (χ1v) is 8.87. The molecule has 2 aromatic heterocycles. The van der Waals surface area contributed by atoms with E-state index in [1.54, 1.807) is 12.4 Å². The van der Waals surface area contributed by atoms with E-state index in [-0.39, 0.29) is 17.1 Å². The summed E-state index contributed by atoms with van der Waals surface area (Å²) >= 11 is 0. The van der Waals surface area contributed by atoms with E-state index in [1.165, 1.54) is 12.8 Å². The molecule has 1 radical (unpaired) electrons. The third-order valence-corrected chi connectivity index (χ3v) is 3.57. The first kappa shape index (κ1) is 23.4. The molecule has 25 heavy (non-hydrogen) atoms. The van der Waals surface area contributed by atoms with Crippen molar-refractivity contribution in [3.8, 4) is 0 Å². The Hall–Kier alpha value is -1.58. The maximum absolute atomic E-state index is 4.41. The van der Waals surface area contributed by atoms with Gasteiger partial charge in [0, 0.05) is 24.5 Å². The van der Waals surface area contributed by atoms with E-state index < -0.39 is 0 Å². The van der Waals surface area contributed by atoms with Crippen LogP contribution in [0, 0.1) is 0 Å². The van der Waals surface area contributed by atoms with Crippen LogP contribution in [-0.4, -0.2) is 24.5 Å². The fraction of sp³-hybridized carbons (Fsp3) is 0.500. The van der Waals surface area contributed by atoms with Crippen LogP contribution in [0.25, 0.3) is 0 Å². The van der Waals surface area contributed by atoms with Crippen molar-refractivity contribution in [2.75, 3.05) is 13.1 Å². The molecule has 2 aromatic rings. The van der Waals surface area contributed by atoms with Crippen molar-refractivity contribution in [2.24, 2.45) is 9.98 Å². The molecular formula is C20H30MnN4. The molecule has 0 aliphatic rings. The van der Waals surface area contributed by atoms with Gasteiger partial charge in [0.15, 0.2) is 0 Å². The average molecular weight is 381 g/mol. The van der Waals surface area contributed by atoms with Crippen LogP contribution in [-0.2, 0) is 17.1 Å². The van der Waals surface area contributed by atoms with Gasteiger partial charge in [0.1, 0.15) is 0 Å². The predicted molar refractivity (Wildman–Crippen MR) is 103 cm³/mol. The summed E-state index contributed by atoms with van der Waals surface area (Å²) in [5, 5.41) is 0. The second kappa shape index (κ2) is 14.7. The number of hydrogen-bond donors (Lipinski definition) is 0. The van der Waals surface area contributed by atoms with Gasteiger partial charge in [-0.1, -0.05) is 51.0 Å². The number of aliphatic imine (C=N–C) groups is 2. The molecule has 137 valence electrons. The number of rotatable bonds is 8. The van der Waals surface area contributed by atoms with Gasteiger partial charge in [-0.15, -0.1) is 11.4 Å². The molecule has 2 rings (SSSR count). The van der Waals surface area contributed by atoms with E-state index in [0.29, 0.717) is 0 Å². The molecule has 0 aliphatic heterocycles. The van der Waals surface area contributed by atoms with Crippen molar-refractivity contribution in [3.05, 3.63) is 48.0 Å².